The summed E-state index contributed by atoms with van der Waals surface area (Å²) >= 11 is 0. The minimum absolute atomic E-state index is 0.00246. The Bertz CT molecular complexity index is 600. The highest BCUT2D eigenvalue weighted by Gasteiger charge is 2.09. The number of Topliss-reactive ketones (excluding diaryl/α,β-unsaturated/α-hetero) is 1. The van der Waals surface area contributed by atoms with Crippen molar-refractivity contribution in [1.29, 1.82) is 0 Å². The van der Waals surface area contributed by atoms with Crippen LogP contribution in [0.2, 0.25) is 0 Å². The van der Waals surface area contributed by atoms with Gasteiger partial charge in [0.2, 0.25) is 0 Å². The second kappa shape index (κ2) is 6.24. The van der Waals surface area contributed by atoms with E-state index in [-0.39, 0.29) is 12.4 Å². The molecule has 3 heteroatoms. The zero-order valence-corrected chi connectivity index (χ0v) is 12.0. The molecule has 2 aromatic rings. The first-order valence-corrected chi connectivity index (χ1v) is 6.47. The molecule has 0 aliphatic heterocycles. The quantitative estimate of drug-likeness (QED) is 0.779. The van der Waals surface area contributed by atoms with E-state index < -0.39 is 0 Å². The normalized spacial score (nSPS) is 10.2. The molecular weight excluding hydrogens is 252 g/mol. The largest absolute Gasteiger partial charge is 0.493 e. The number of carbonyl (C=O) groups is 1. The van der Waals surface area contributed by atoms with Crippen molar-refractivity contribution in [3.05, 3.63) is 59.2 Å². The van der Waals surface area contributed by atoms with Crippen molar-refractivity contribution < 1.29 is 14.3 Å². The van der Waals surface area contributed by atoms with Crippen LogP contribution in [0, 0.1) is 13.8 Å². The predicted molar refractivity (Wildman–Crippen MR) is 78.7 cm³/mol. The SMILES string of the molecule is COc1cc(C)ccc1OCC(=O)c1ccc(C)cc1. The second-order valence-electron chi connectivity index (χ2n) is 4.73. The maximum absolute atomic E-state index is 12.0. The molecule has 2 aromatic carbocycles. The first-order valence-electron chi connectivity index (χ1n) is 6.47. The Morgan fingerprint density at radius 3 is 2.25 bits per heavy atom. The van der Waals surface area contributed by atoms with Crippen LogP contribution < -0.4 is 9.47 Å². The molecule has 0 saturated carbocycles. The average molecular weight is 270 g/mol. The van der Waals surface area contributed by atoms with Gasteiger partial charge < -0.3 is 9.47 Å². The van der Waals surface area contributed by atoms with Gasteiger partial charge in [-0.1, -0.05) is 35.9 Å². The maximum Gasteiger partial charge on any atom is 0.200 e. The van der Waals surface area contributed by atoms with Crippen LogP contribution in [0.3, 0.4) is 0 Å². The van der Waals surface area contributed by atoms with Gasteiger partial charge in [-0.05, 0) is 31.5 Å². The summed E-state index contributed by atoms with van der Waals surface area (Å²) in [5.74, 6) is 1.17. The Morgan fingerprint density at radius 1 is 0.950 bits per heavy atom. The molecule has 0 fully saturated rings. The summed E-state index contributed by atoms with van der Waals surface area (Å²) < 4.78 is 10.8. The Labute approximate surface area is 119 Å². The molecule has 2 rings (SSSR count). The third-order valence-corrected chi connectivity index (χ3v) is 3.05. The molecule has 0 atom stereocenters. The summed E-state index contributed by atoms with van der Waals surface area (Å²) in [4.78, 5) is 12.0. The number of hydrogen-bond donors (Lipinski definition) is 0. The lowest BCUT2D eigenvalue weighted by molar-refractivity contribution is 0.0919. The van der Waals surface area contributed by atoms with E-state index in [4.69, 9.17) is 9.47 Å². The molecule has 104 valence electrons. The van der Waals surface area contributed by atoms with Gasteiger partial charge in [0.05, 0.1) is 7.11 Å². The Morgan fingerprint density at radius 2 is 1.60 bits per heavy atom. The monoisotopic (exact) mass is 270 g/mol. The summed E-state index contributed by atoms with van der Waals surface area (Å²) in [5.41, 5.74) is 2.86. The van der Waals surface area contributed by atoms with Gasteiger partial charge >= 0.3 is 0 Å². The number of hydrogen-bond acceptors (Lipinski definition) is 3. The highest BCUT2D eigenvalue weighted by Crippen LogP contribution is 2.27. The van der Waals surface area contributed by atoms with Crippen LogP contribution in [-0.2, 0) is 0 Å². The van der Waals surface area contributed by atoms with Crippen LogP contribution in [0.5, 0.6) is 11.5 Å². The summed E-state index contributed by atoms with van der Waals surface area (Å²) in [6.07, 6.45) is 0. The molecule has 0 bridgehead atoms. The Balaban J connectivity index is 2.05. The van der Waals surface area contributed by atoms with E-state index in [1.807, 2.05) is 56.3 Å². The molecule has 0 aliphatic rings. The predicted octanol–water partition coefficient (Wildman–Crippen LogP) is 3.57. The molecule has 0 radical (unpaired) electrons. The van der Waals surface area contributed by atoms with Crippen molar-refractivity contribution in [3.63, 3.8) is 0 Å². The van der Waals surface area contributed by atoms with Crippen LogP contribution in [0.1, 0.15) is 21.5 Å². The lowest BCUT2D eigenvalue weighted by atomic mass is 10.1. The summed E-state index contributed by atoms with van der Waals surface area (Å²) in [5, 5.41) is 0. The standard InChI is InChI=1S/C17H18O3/c1-12-4-7-14(8-5-12)15(18)11-20-16-9-6-13(2)10-17(16)19-3/h4-10H,11H2,1-3H3. The lowest BCUT2D eigenvalue weighted by Gasteiger charge is -2.10. The summed E-state index contributed by atoms with van der Waals surface area (Å²) in [7, 11) is 1.59. The lowest BCUT2D eigenvalue weighted by Crippen LogP contribution is -2.12. The highest BCUT2D eigenvalue weighted by atomic mass is 16.5. The van der Waals surface area contributed by atoms with Gasteiger partial charge in [-0.15, -0.1) is 0 Å². The van der Waals surface area contributed by atoms with Crippen LogP contribution in [0.4, 0.5) is 0 Å². The van der Waals surface area contributed by atoms with Crippen molar-refractivity contribution in [2.75, 3.05) is 13.7 Å². The van der Waals surface area contributed by atoms with Gasteiger partial charge in [-0.3, -0.25) is 4.79 Å². The number of benzene rings is 2. The second-order valence-corrected chi connectivity index (χ2v) is 4.73. The maximum atomic E-state index is 12.0. The molecule has 0 spiro atoms. The molecule has 3 nitrogen and oxygen atoms in total. The zero-order chi connectivity index (χ0) is 14.5. The van der Waals surface area contributed by atoms with Gasteiger partial charge in [0.1, 0.15) is 0 Å². The first kappa shape index (κ1) is 14.1. The number of methoxy groups -OCH3 is 1. The van der Waals surface area contributed by atoms with E-state index in [1.165, 1.54) is 0 Å². The number of rotatable bonds is 5. The number of ketones is 1. The van der Waals surface area contributed by atoms with E-state index in [0.717, 1.165) is 11.1 Å². The third-order valence-electron chi connectivity index (χ3n) is 3.05. The van der Waals surface area contributed by atoms with Gasteiger partial charge in [0.25, 0.3) is 0 Å². The fraction of sp³-hybridized carbons (Fsp3) is 0.235. The fourth-order valence-corrected chi connectivity index (χ4v) is 1.86. The first-order chi connectivity index (χ1) is 9.60. The Kier molecular flexibility index (Phi) is 4.41. The van der Waals surface area contributed by atoms with Gasteiger partial charge in [-0.2, -0.15) is 0 Å². The van der Waals surface area contributed by atoms with Crippen LogP contribution >= 0.6 is 0 Å². The van der Waals surface area contributed by atoms with Crippen molar-refractivity contribution in [2.45, 2.75) is 13.8 Å². The van der Waals surface area contributed by atoms with Crippen molar-refractivity contribution in [3.8, 4) is 11.5 Å². The number of carbonyl (C=O) groups excluding carboxylic acids is 1. The average Bonchev–Trinajstić information content (AvgIpc) is 2.46. The molecule has 0 aromatic heterocycles. The van der Waals surface area contributed by atoms with E-state index in [0.29, 0.717) is 17.1 Å². The van der Waals surface area contributed by atoms with Crippen LogP contribution in [-0.4, -0.2) is 19.5 Å². The van der Waals surface area contributed by atoms with Crippen molar-refractivity contribution >= 4 is 5.78 Å². The molecule has 0 amide bonds. The minimum Gasteiger partial charge on any atom is -0.493 e. The molecule has 0 saturated heterocycles. The molecule has 20 heavy (non-hydrogen) atoms. The molecule has 0 unspecified atom stereocenters. The van der Waals surface area contributed by atoms with Crippen LogP contribution in [0.15, 0.2) is 42.5 Å². The molecule has 0 N–H and O–H groups in total. The molecule has 0 heterocycles. The number of ether oxygens (including phenoxy) is 2. The van der Waals surface area contributed by atoms with E-state index >= 15 is 0 Å². The summed E-state index contributed by atoms with van der Waals surface area (Å²) in [6.45, 7) is 3.97. The van der Waals surface area contributed by atoms with E-state index in [9.17, 15) is 4.79 Å². The van der Waals surface area contributed by atoms with E-state index in [2.05, 4.69) is 0 Å². The Hall–Kier alpha value is -2.29. The van der Waals surface area contributed by atoms with Crippen molar-refractivity contribution in [2.24, 2.45) is 0 Å². The number of aryl methyl sites for hydroxylation is 2. The zero-order valence-electron chi connectivity index (χ0n) is 12.0. The van der Waals surface area contributed by atoms with E-state index in [1.54, 1.807) is 7.11 Å². The third kappa shape index (κ3) is 3.38. The fourth-order valence-electron chi connectivity index (χ4n) is 1.86. The van der Waals surface area contributed by atoms with Gasteiger partial charge in [0.15, 0.2) is 23.9 Å². The van der Waals surface area contributed by atoms with Gasteiger partial charge in [-0.25, -0.2) is 0 Å². The topological polar surface area (TPSA) is 35.5 Å². The highest BCUT2D eigenvalue weighted by molar-refractivity contribution is 5.97. The summed E-state index contributed by atoms with van der Waals surface area (Å²) in [6, 6.07) is 13.1. The molecule has 0 aliphatic carbocycles. The van der Waals surface area contributed by atoms with Gasteiger partial charge in [0, 0.05) is 5.56 Å². The smallest absolute Gasteiger partial charge is 0.200 e. The minimum atomic E-state index is -0.0485. The van der Waals surface area contributed by atoms with Crippen LogP contribution in [0.25, 0.3) is 0 Å². The molecular formula is C17H18O3. The van der Waals surface area contributed by atoms with Crippen molar-refractivity contribution in [1.82, 2.24) is 0 Å².